The quantitative estimate of drug-likeness (QED) is 0.836. The Bertz CT molecular complexity index is 463. The number of hydrogen-bond donors (Lipinski definition) is 2. The van der Waals surface area contributed by atoms with E-state index in [0.717, 1.165) is 25.8 Å². The zero-order valence-corrected chi connectivity index (χ0v) is 11.6. The van der Waals surface area contributed by atoms with Gasteiger partial charge < -0.3 is 15.7 Å². The number of hydrogen-bond acceptors (Lipinski definition) is 3. The molecule has 0 aliphatic carbocycles. The highest BCUT2D eigenvalue weighted by atomic mass is 35.5. The molecule has 1 unspecified atom stereocenters. The molecule has 104 valence electrons. The number of carbonyl (C=O) groups is 1. The van der Waals surface area contributed by atoms with Crippen LogP contribution in [-0.2, 0) is 0 Å². The smallest absolute Gasteiger partial charge is 0.256 e. The summed E-state index contributed by atoms with van der Waals surface area (Å²) in [6.45, 7) is 0.814. The van der Waals surface area contributed by atoms with E-state index in [4.69, 9.17) is 22.4 Å². The lowest BCUT2D eigenvalue weighted by atomic mass is 9.98. The molecule has 0 bridgehead atoms. The van der Waals surface area contributed by atoms with Gasteiger partial charge in [0.1, 0.15) is 0 Å². The minimum atomic E-state index is -0.0850. The van der Waals surface area contributed by atoms with Gasteiger partial charge in [0.15, 0.2) is 0 Å². The first-order valence-corrected chi connectivity index (χ1v) is 6.98. The molecule has 4 nitrogen and oxygen atoms in total. The molecule has 1 aromatic rings. The number of aliphatic hydroxyl groups is 1. The Morgan fingerprint density at radius 3 is 3.00 bits per heavy atom. The lowest BCUT2D eigenvalue weighted by molar-refractivity contribution is 0.0575. The first-order chi connectivity index (χ1) is 9.15. The molecule has 1 aliphatic heterocycles. The zero-order valence-electron chi connectivity index (χ0n) is 10.8. The van der Waals surface area contributed by atoms with Gasteiger partial charge in [-0.2, -0.15) is 0 Å². The molecule has 3 N–H and O–H groups in total. The van der Waals surface area contributed by atoms with Crippen molar-refractivity contribution in [2.24, 2.45) is 0 Å². The molecule has 2 rings (SSSR count). The topological polar surface area (TPSA) is 66.6 Å². The maximum atomic E-state index is 12.6. The Hall–Kier alpha value is -1.26. The molecule has 1 aromatic carbocycles. The van der Waals surface area contributed by atoms with Gasteiger partial charge >= 0.3 is 0 Å². The Morgan fingerprint density at radius 2 is 2.26 bits per heavy atom. The molecule has 1 aliphatic rings. The summed E-state index contributed by atoms with van der Waals surface area (Å²) in [5.41, 5.74) is 6.67. The number of halogens is 1. The molecule has 0 aromatic heterocycles. The van der Waals surface area contributed by atoms with Crippen LogP contribution in [0.25, 0.3) is 0 Å². The van der Waals surface area contributed by atoms with Crippen LogP contribution >= 0.6 is 11.6 Å². The van der Waals surface area contributed by atoms with Crippen molar-refractivity contribution in [3.05, 3.63) is 28.8 Å². The van der Waals surface area contributed by atoms with E-state index in [1.165, 1.54) is 0 Å². The Kier molecular flexibility index (Phi) is 4.66. The molecular formula is C14H19ClN2O2. The maximum Gasteiger partial charge on any atom is 0.256 e. The highest BCUT2D eigenvalue weighted by Crippen LogP contribution is 2.27. The third-order valence-corrected chi connectivity index (χ3v) is 3.96. The number of nitrogen functional groups attached to an aromatic ring is 1. The summed E-state index contributed by atoms with van der Waals surface area (Å²) in [7, 11) is 0. The average Bonchev–Trinajstić information content (AvgIpc) is 2.42. The van der Waals surface area contributed by atoms with Crippen LogP contribution in [0.4, 0.5) is 5.69 Å². The van der Waals surface area contributed by atoms with E-state index in [1.807, 2.05) is 4.90 Å². The van der Waals surface area contributed by atoms with Gasteiger partial charge in [-0.05, 0) is 37.8 Å². The van der Waals surface area contributed by atoms with Crippen molar-refractivity contribution in [3.63, 3.8) is 0 Å². The monoisotopic (exact) mass is 282 g/mol. The predicted octanol–water partition coefficient (Wildman–Crippen LogP) is 2.30. The second-order valence-corrected chi connectivity index (χ2v) is 5.27. The van der Waals surface area contributed by atoms with E-state index >= 15 is 0 Å². The standard InChI is InChI=1S/C14H19ClN2O2/c15-12-6-3-5-11(13(12)16)14(19)17-8-2-1-4-10(17)7-9-18/h3,5-6,10,18H,1-2,4,7-9,16H2. The summed E-state index contributed by atoms with van der Waals surface area (Å²) in [5.74, 6) is -0.0850. The van der Waals surface area contributed by atoms with Crippen LogP contribution < -0.4 is 5.73 Å². The fourth-order valence-electron chi connectivity index (χ4n) is 2.60. The number of carbonyl (C=O) groups excluding carboxylic acids is 1. The summed E-state index contributed by atoms with van der Waals surface area (Å²) in [5, 5.41) is 9.51. The van der Waals surface area contributed by atoms with Crippen LogP contribution in [0.1, 0.15) is 36.0 Å². The van der Waals surface area contributed by atoms with Gasteiger partial charge in [0.05, 0.1) is 16.3 Å². The van der Waals surface area contributed by atoms with Gasteiger partial charge in [0.2, 0.25) is 0 Å². The molecule has 1 atom stereocenters. The Balaban J connectivity index is 2.23. The summed E-state index contributed by atoms with van der Waals surface area (Å²) in [6.07, 6.45) is 3.65. The lowest BCUT2D eigenvalue weighted by Gasteiger charge is -2.36. The highest BCUT2D eigenvalue weighted by molar-refractivity contribution is 6.33. The van der Waals surface area contributed by atoms with Crippen molar-refractivity contribution < 1.29 is 9.90 Å². The van der Waals surface area contributed by atoms with Crippen molar-refractivity contribution in [1.29, 1.82) is 0 Å². The van der Waals surface area contributed by atoms with E-state index in [0.29, 0.717) is 22.7 Å². The summed E-state index contributed by atoms with van der Waals surface area (Å²) >= 11 is 5.96. The van der Waals surface area contributed by atoms with Crippen LogP contribution in [0.15, 0.2) is 18.2 Å². The number of benzene rings is 1. The molecular weight excluding hydrogens is 264 g/mol. The third-order valence-electron chi connectivity index (χ3n) is 3.63. The highest BCUT2D eigenvalue weighted by Gasteiger charge is 2.28. The van der Waals surface area contributed by atoms with Crippen LogP contribution in [0.2, 0.25) is 5.02 Å². The molecule has 1 amide bonds. The SMILES string of the molecule is Nc1c(Cl)cccc1C(=O)N1CCCCC1CCO. The molecule has 5 heteroatoms. The number of rotatable bonds is 3. The Morgan fingerprint density at radius 1 is 1.47 bits per heavy atom. The summed E-state index contributed by atoms with van der Waals surface area (Å²) in [4.78, 5) is 14.4. The average molecular weight is 283 g/mol. The van der Waals surface area contributed by atoms with Crippen LogP contribution in [0.3, 0.4) is 0 Å². The second kappa shape index (κ2) is 6.26. The predicted molar refractivity (Wildman–Crippen MR) is 76.2 cm³/mol. The zero-order chi connectivity index (χ0) is 13.8. The number of nitrogens with zero attached hydrogens (tertiary/aromatic N) is 1. The fourth-order valence-corrected chi connectivity index (χ4v) is 2.77. The number of piperidine rings is 1. The molecule has 0 radical (unpaired) electrons. The van der Waals surface area contributed by atoms with Crippen LogP contribution in [0.5, 0.6) is 0 Å². The number of likely N-dealkylation sites (tertiary alicyclic amines) is 1. The van der Waals surface area contributed by atoms with E-state index in [2.05, 4.69) is 0 Å². The van der Waals surface area contributed by atoms with Gasteiger partial charge in [-0.3, -0.25) is 4.79 Å². The summed E-state index contributed by atoms with van der Waals surface area (Å²) < 4.78 is 0. The van der Waals surface area contributed by atoms with Gasteiger partial charge in [-0.25, -0.2) is 0 Å². The van der Waals surface area contributed by atoms with E-state index in [9.17, 15) is 4.79 Å². The molecule has 0 spiro atoms. The number of anilines is 1. The van der Waals surface area contributed by atoms with Gasteiger partial charge in [0, 0.05) is 19.2 Å². The van der Waals surface area contributed by atoms with Crippen molar-refractivity contribution >= 4 is 23.2 Å². The maximum absolute atomic E-state index is 12.6. The van der Waals surface area contributed by atoms with Crippen molar-refractivity contribution in [2.45, 2.75) is 31.7 Å². The Labute approximate surface area is 118 Å². The van der Waals surface area contributed by atoms with Gasteiger partial charge in [0.25, 0.3) is 5.91 Å². The number of amides is 1. The molecule has 19 heavy (non-hydrogen) atoms. The van der Waals surface area contributed by atoms with Gasteiger partial charge in [-0.15, -0.1) is 0 Å². The van der Waals surface area contributed by atoms with E-state index < -0.39 is 0 Å². The normalized spacial score (nSPS) is 19.5. The number of para-hydroxylation sites is 1. The minimum Gasteiger partial charge on any atom is -0.397 e. The van der Waals surface area contributed by atoms with Crippen LogP contribution in [0, 0.1) is 0 Å². The van der Waals surface area contributed by atoms with Crippen molar-refractivity contribution in [3.8, 4) is 0 Å². The van der Waals surface area contributed by atoms with Crippen LogP contribution in [-0.4, -0.2) is 35.1 Å². The molecule has 1 heterocycles. The van der Waals surface area contributed by atoms with Gasteiger partial charge in [-0.1, -0.05) is 17.7 Å². The van der Waals surface area contributed by atoms with Crippen molar-refractivity contribution in [1.82, 2.24) is 4.90 Å². The first-order valence-electron chi connectivity index (χ1n) is 6.61. The minimum absolute atomic E-state index is 0.0850. The first kappa shape index (κ1) is 14.2. The van der Waals surface area contributed by atoms with E-state index in [-0.39, 0.29) is 18.6 Å². The number of nitrogens with two attached hydrogens (primary N) is 1. The van der Waals surface area contributed by atoms with E-state index in [1.54, 1.807) is 18.2 Å². The van der Waals surface area contributed by atoms with Crippen molar-refractivity contribution in [2.75, 3.05) is 18.9 Å². The molecule has 0 saturated carbocycles. The largest absolute Gasteiger partial charge is 0.397 e. The molecule has 1 saturated heterocycles. The summed E-state index contributed by atoms with van der Waals surface area (Å²) in [6, 6.07) is 5.21. The fraction of sp³-hybridized carbons (Fsp3) is 0.500. The lowest BCUT2D eigenvalue weighted by Crippen LogP contribution is -2.44. The third kappa shape index (κ3) is 3.01. The second-order valence-electron chi connectivity index (χ2n) is 4.86. The number of aliphatic hydroxyl groups excluding tert-OH is 1. The molecule has 1 fully saturated rings.